The first-order valence-electron chi connectivity index (χ1n) is 11.0. The quantitative estimate of drug-likeness (QED) is 0.801. The van der Waals surface area contributed by atoms with Crippen molar-refractivity contribution in [3.8, 4) is 0 Å². The molecule has 4 rings (SSSR count). The molecule has 2 fully saturated rings. The Morgan fingerprint density at radius 3 is 2.42 bits per heavy atom. The maximum absolute atomic E-state index is 13.5. The van der Waals surface area contributed by atoms with Gasteiger partial charge in [-0.3, -0.25) is 14.4 Å². The topological polar surface area (TPSA) is 82.9 Å². The van der Waals surface area contributed by atoms with Gasteiger partial charge in [-0.1, -0.05) is 30.3 Å². The van der Waals surface area contributed by atoms with E-state index in [0.717, 1.165) is 18.4 Å². The smallest absolute Gasteiger partial charge is 0.287 e. The van der Waals surface area contributed by atoms with Crippen molar-refractivity contribution in [2.45, 2.75) is 51.1 Å². The highest BCUT2D eigenvalue weighted by Gasteiger charge is 2.36. The first kappa shape index (κ1) is 21.2. The van der Waals surface area contributed by atoms with Crippen LogP contribution in [0.4, 0.5) is 0 Å². The van der Waals surface area contributed by atoms with Crippen LogP contribution in [0.1, 0.15) is 60.0 Å². The third-order valence-electron chi connectivity index (χ3n) is 6.13. The summed E-state index contributed by atoms with van der Waals surface area (Å²) in [6, 6.07) is 12.4. The Kier molecular flexibility index (Phi) is 6.39. The molecule has 0 aliphatic carbocycles. The number of rotatable bonds is 5. The van der Waals surface area contributed by atoms with Crippen molar-refractivity contribution >= 4 is 17.7 Å². The number of carbonyl (C=O) groups excluding carboxylic acids is 3. The number of likely N-dealkylation sites (tertiary alicyclic amines) is 2. The Balaban J connectivity index is 1.41. The Bertz CT molecular complexity index is 931. The van der Waals surface area contributed by atoms with Crippen molar-refractivity contribution in [3.63, 3.8) is 0 Å². The summed E-state index contributed by atoms with van der Waals surface area (Å²) in [5, 5.41) is 3.00. The van der Waals surface area contributed by atoms with Crippen LogP contribution in [0.25, 0.3) is 0 Å². The normalized spacial score (nSPS) is 18.7. The molecule has 0 radical (unpaired) electrons. The van der Waals surface area contributed by atoms with Crippen LogP contribution in [0.3, 0.4) is 0 Å². The lowest BCUT2D eigenvalue weighted by Gasteiger charge is -2.39. The summed E-state index contributed by atoms with van der Waals surface area (Å²) in [7, 11) is 0. The van der Waals surface area contributed by atoms with Crippen LogP contribution < -0.4 is 5.32 Å². The molecule has 1 atom stereocenters. The third kappa shape index (κ3) is 4.81. The van der Waals surface area contributed by atoms with E-state index in [9.17, 15) is 14.4 Å². The second kappa shape index (κ2) is 9.37. The SMILES string of the molecule is Cc1ccc(C(=O)NC2CCN(C(=O)C(c3ccccc3)N3CCCCC3=O)CC2)o1. The van der Waals surface area contributed by atoms with Crippen molar-refractivity contribution in [2.24, 2.45) is 0 Å². The maximum Gasteiger partial charge on any atom is 0.287 e. The molecule has 0 bridgehead atoms. The van der Waals surface area contributed by atoms with Gasteiger partial charge < -0.3 is 19.5 Å². The Morgan fingerprint density at radius 1 is 1.03 bits per heavy atom. The van der Waals surface area contributed by atoms with Gasteiger partial charge in [0, 0.05) is 32.1 Å². The van der Waals surface area contributed by atoms with Crippen LogP contribution in [-0.4, -0.2) is 53.2 Å². The van der Waals surface area contributed by atoms with Crippen LogP contribution >= 0.6 is 0 Å². The first-order valence-corrected chi connectivity index (χ1v) is 11.0. The molecule has 164 valence electrons. The second-order valence-electron chi connectivity index (χ2n) is 8.34. The fourth-order valence-electron chi connectivity index (χ4n) is 4.42. The van der Waals surface area contributed by atoms with Gasteiger partial charge in [0.2, 0.25) is 11.8 Å². The van der Waals surface area contributed by atoms with Gasteiger partial charge in [0.1, 0.15) is 11.8 Å². The van der Waals surface area contributed by atoms with Gasteiger partial charge in [-0.15, -0.1) is 0 Å². The molecule has 3 heterocycles. The number of benzene rings is 1. The molecule has 31 heavy (non-hydrogen) atoms. The van der Waals surface area contributed by atoms with E-state index < -0.39 is 6.04 Å². The Hall–Kier alpha value is -3.09. The van der Waals surface area contributed by atoms with E-state index in [0.29, 0.717) is 50.4 Å². The van der Waals surface area contributed by atoms with Crippen molar-refractivity contribution in [2.75, 3.05) is 19.6 Å². The van der Waals surface area contributed by atoms with E-state index in [-0.39, 0.29) is 23.8 Å². The molecular formula is C24H29N3O4. The molecule has 2 aliphatic heterocycles. The van der Waals surface area contributed by atoms with Crippen LogP contribution in [0.15, 0.2) is 46.9 Å². The van der Waals surface area contributed by atoms with E-state index in [1.807, 2.05) is 35.2 Å². The number of furan rings is 1. The summed E-state index contributed by atoms with van der Waals surface area (Å²) in [4.78, 5) is 42.1. The van der Waals surface area contributed by atoms with Gasteiger partial charge in [-0.05, 0) is 50.3 Å². The minimum Gasteiger partial charge on any atom is -0.456 e. The number of nitrogens with one attached hydrogen (secondary N) is 1. The van der Waals surface area contributed by atoms with E-state index in [4.69, 9.17) is 4.42 Å². The molecule has 0 saturated carbocycles. The predicted molar refractivity (Wildman–Crippen MR) is 115 cm³/mol. The van der Waals surface area contributed by atoms with Gasteiger partial charge in [0.15, 0.2) is 5.76 Å². The van der Waals surface area contributed by atoms with Crippen molar-refractivity contribution in [1.29, 1.82) is 0 Å². The number of amides is 3. The zero-order valence-corrected chi connectivity index (χ0v) is 17.9. The maximum atomic E-state index is 13.5. The standard InChI is InChI=1S/C24H29N3O4/c1-17-10-11-20(31-17)23(29)25-19-12-15-26(16-13-19)24(30)22(18-7-3-2-4-8-18)27-14-6-5-9-21(27)28/h2-4,7-8,10-11,19,22H,5-6,9,12-16H2,1H3,(H,25,29). The van der Waals surface area contributed by atoms with Gasteiger partial charge in [0.05, 0.1) is 0 Å². The molecule has 0 spiro atoms. The molecule has 1 aromatic heterocycles. The summed E-state index contributed by atoms with van der Waals surface area (Å²) in [6.07, 6.45) is 3.64. The molecule has 1 unspecified atom stereocenters. The number of hydrogen-bond donors (Lipinski definition) is 1. The number of nitrogens with zero attached hydrogens (tertiary/aromatic N) is 2. The monoisotopic (exact) mass is 423 g/mol. The second-order valence-corrected chi connectivity index (χ2v) is 8.34. The average Bonchev–Trinajstić information content (AvgIpc) is 3.23. The lowest BCUT2D eigenvalue weighted by molar-refractivity contribution is -0.148. The zero-order valence-electron chi connectivity index (χ0n) is 17.9. The highest BCUT2D eigenvalue weighted by molar-refractivity contribution is 5.92. The van der Waals surface area contributed by atoms with E-state index in [2.05, 4.69) is 5.32 Å². The van der Waals surface area contributed by atoms with Gasteiger partial charge >= 0.3 is 0 Å². The predicted octanol–water partition coefficient (Wildman–Crippen LogP) is 3.06. The largest absolute Gasteiger partial charge is 0.456 e. The number of aryl methyl sites for hydroxylation is 1. The highest BCUT2D eigenvalue weighted by Crippen LogP contribution is 2.28. The van der Waals surface area contributed by atoms with Crippen LogP contribution in [-0.2, 0) is 9.59 Å². The summed E-state index contributed by atoms with van der Waals surface area (Å²) in [5.41, 5.74) is 0.853. The van der Waals surface area contributed by atoms with Crippen molar-refractivity contribution < 1.29 is 18.8 Å². The summed E-state index contributed by atoms with van der Waals surface area (Å²) in [5.74, 6) is 0.796. The van der Waals surface area contributed by atoms with Gasteiger partial charge in [-0.2, -0.15) is 0 Å². The molecule has 2 aliphatic rings. The molecule has 1 N–H and O–H groups in total. The average molecular weight is 424 g/mol. The number of carbonyl (C=O) groups is 3. The number of hydrogen-bond acceptors (Lipinski definition) is 4. The van der Waals surface area contributed by atoms with Crippen molar-refractivity contribution in [3.05, 3.63) is 59.5 Å². The molecule has 2 aromatic rings. The lowest BCUT2D eigenvalue weighted by atomic mass is 9.98. The Morgan fingerprint density at radius 2 is 1.77 bits per heavy atom. The summed E-state index contributed by atoms with van der Waals surface area (Å²) in [6.45, 7) is 3.51. The van der Waals surface area contributed by atoms with Crippen LogP contribution in [0.2, 0.25) is 0 Å². The minimum absolute atomic E-state index is 0.00579. The molecule has 1 aromatic carbocycles. The summed E-state index contributed by atoms with van der Waals surface area (Å²) >= 11 is 0. The summed E-state index contributed by atoms with van der Waals surface area (Å²) < 4.78 is 5.39. The highest BCUT2D eigenvalue weighted by atomic mass is 16.3. The molecular weight excluding hydrogens is 394 g/mol. The fourth-order valence-corrected chi connectivity index (χ4v) is 4.42. The molecule has 3 amide bonds. The molecule has 2 saturated heterocycles. The van der Waals surface area contributed by atoms with Crippen LogP contribution in [0, 0.1) is 6.92 Å². The minimum atomic E-state index is -0.578. The van der Waals surface area contributed by atoms with Gasteiger partial charge in [-0.25, -0.2) is 0 Å². The Labute approximate surface area is 182 Å². The lowest BCUT2D eigenvalue weighted by Crippen LogP contribution is -2.51. The van der Waals surface area contributed by atoms with Gasteiger partial charge in [0.25, 0.3) is 5.91 Å². The first-order chi connectivity index (χ1) is 15.0. The third-order valence-corrected chi connectivity index (χ3v) is 6.13. The van der Waals surface area contributed by atoms with E-state index in [1.165, 1.54) is 0 Å². The fraction of sp³-hybridized carbons (Fsp3) is 0.458. The van der Waals surface area contributed by atoms with Crippen molar-refractivity contribution in [1.82, 2.24) is 15.1 Å². The van der Waals surface area contributed by atoms with Crippen LogP contribution in [0.5, 0.6) is 0 Å². The molecule has 7 nitrogen and oxygen atoms in total. The van der Waals surface area contributed by atoms with E-state index >= 15 is 0 Å². The molecule has 7 heteroatoms. The number of piperidine rings is 2. The van der Waals surface area contributed by atoms with E-state index in [1.54, 1.807) is 24.0 Å². The zero-order chi connectivity index (χ0) is 21.8.